The van der Waals surface area contributed by atoms with Crippen molar-refractivity contribution in [1.29, 1.82) is 0 Å². The molecule has 11 nitrogen and oxygen atoms in total. The number of hydrogen-bond acceptors (Lipinski definition) is 7. The van der Waals surface area contributed by atoms with Crippen molar-refractivity contribution in [2.24, 2.45) is 11.8 Å². The lowest BCUT2D eigenvalue weighted by atomic mass is 9.70. The van der Waals surface area contributed by atoms with Gasteiger partial charge in [0.2, 0.25) is 5.91 Å². The highest BCUT2D eigenvalue weighted by Crippen LogP contribution is 2.59. The van der Waals surface area contributed by atoms with Gasteiger partial charge in [-0.2, -0.15) is 0 Å². The predicted molar refractivity (Wildman–Crippen MR) is 257 cm³/mol. The Morgan fingerprint density at radius 2 is 1.30 bits per heavy atom. The number of ether oxygens (including phenoxy) is 1. The van der Waals surface area contributed by atoms with Crippen molar-refractivity contribution in [3.63, 3.8) is 0 Å². The van der Waals surface area contributed by atoms with E-state index in [1.807, 2.05) is 146 Å². The molecule has 1 fully saturated rings. The Hall–Kier alpha value is -7.18. The zero-order chi connectivity index (χ0) is 46.1. The largest absolute Gasteiger partial charge is 0.394 e. The zero-order valence-corrected chi connectivity index (χ0v) is 37.3. The summed E-state index contributed by atoms with van der Waals surface area (Å²) in [6, 6.07) is 43.9. The van der Waals surface area contributed by atoms with Crippen molar-refractivity contribution >= 4 is 73.6 Å². The standard InChI is InChI=1S/C56H48N4O7/c1-32-51(55(2,3)66)47(28-48(62)57-30-37-11-5-4-10-36(37)26-40(57)31-61)67-56(32)43-27-39(60-46-19-9-15-35-13-7-17-42(50(35)46)53(60)64)24-25-44(43)58(54(56)65)29-33-20-22-38(23-21-33)59-45-18-8-14-34-12-6-16-41(49(34)45)52(59)63/h4-25,27,32,40,47,51,61,66H,26,28-31H2,1-3H3/t32-,40+,47+,51-,56+/m1/s1. The van der Waals surface area contributed by atoms with Crippen LogP contribution in [0.15, 0.2) is 140 Å². The van der Waals surface area contributed by atoms with Crippen LogP contribution in [0.25, 0.3) is 21.5 Å². The minimum atomic E-state index is -1.65. The summed E-state index contributed by atoms with van der Waals surface area (Å²) in [5.41, 5.74) is 5.08. The highest BCUT2D eigenvalue weighted by molar-refractivity contribution is 6.29. The van der Waals surface area contributed by atoms with Crippen LogP contribution in [0.2, 0.25) is 0 Å². The summed E-state index contributed by atoms with van der Waals surface area (Å²) >= 11 is 0. The minimum Gasteiger partial charge on any atom is -0.394 e. The van der Waals surface area contributed by atoms with E-state index in [1.54, 1.807) is 33.4 Å². The summed E-state index contributed by atoms with van der Waals surface area (Å²) in [6.07, 6.45) is -0.510. The molecule has 5 aliphatic rings. The molecule has 7 aromatic carbocycles. The van der Waals surface area contributed by atoms with E-state index in [1.165, 1.54) is 0 Å². The summed E-state index contributed by atoms with van der Waals surface area (Å²) in [5.74, 6) is -2.18. The van der Waals surface area contributed by atoms with Crippen molar-refractivity contribution in [2.75, 3.05) is 21.3 Å². The van der Waals surface area contributed by atoms with Crippen LogP contribution in [-0.4, -0.2) is 63.1 Å². The number of amides is 4. The SMILES string of the molecule is C[C@@H]1[C@@H](C(C)(C)O)[C@H](CC(=O)N2Cc3ccccc3C[C@H]2CO)O[C@@]12C(=O)N(Cc1ccc(N3C(=O)c4cccc5cccc3c45)cc1)c1ccc(N3C(=O)c4cccc5cccc3c45)cc12. The number of aliphatic hydroxyl groups is 2. The lowest BCUT2D eigenvalue weighted by Crippen LogP contribution is -2.48. The average molecular weight is 889 g/mol. The van der Waals surface area contributed by atoms with Crippen molar-refractivity contribution in [3.05, 3.63) is 173 Å². The monoisotopic (exact) mass is 888 g/mol. The lowest BCUT2D eigenvalue weighted by molar-refractivity contribution is -0.151. The fourth-order valence-electron chi connectivity index (χ4n) is 12.2. The molecule has 0 bridgehead atoms. The number of aliphatic hydroxyl groups excluding tert-OH is 1. The normalized spacial score (nSPS) is 22.8. The van der Waals surface area contributed by atoms with Gasteiger partial charge in [0, 0.05) is 46.1 Å². The Bertz CT molecular complexity index is 3260. The maximum Gasteiger partial charge on any atom is 0.264 e. The van der Waals surface area contributed by atoms with Gasteiger partial charge in [-0.1, -0.05) is 91.9 Å². The summed E-state index contributed by atoms with van der Waals surface area (Å²) in [5, 5.41) is 26.3. The first-order valence-corrected chi connectivity index (χ1v) is 23.0. The van der Waals surface area contributed by atoms with Crippen molar-refractivity contribution in [3.8, 4) is 0 Å². The number of nitrogens with zero attached hydrogens (tertiary/aromatic N) is 4. The van der Waals surface area contributed by atoms with Crippen molar-refractivity contribution in [1.82, 2.24) is 4.90 Å². The predicted octanol–water partition coefficient (Wildman–Crippen LogP) is 9.08. The number of rotatable bonds is 8. The number of anilines is 5. The number of benzene rings is 7. The van der Waals surface area contributed by atoms with Crippen LogP contribution >= 0.6 is 0 Å². The van der Waals surface area contributed by atoms with Crippen molar-refractivity contribution < 1.29 is 34.1 Å². The Morgan fingerprint density at radius 3 is 1.91 bits per heavy atom. The van der Waals surface area contributed by atoms with Gasteiger partial charge >= 0.3 is 0 Å². The maximum atomic E-state index is 15.7. The van der Waals surface area contributed by atoms with Gasteiger partial charge in [0.05, 0.1) is 65.5 Å². The third-order valence-electron chi connectivity index (χ3n) is 15.1. The van der Waals surface area contributed by atoms with Gasteiger partial charge in [-0.05, 0) is 102 Å². The van der Waals surface area contributed by atoms with Gasteiger partial charge in [0.15, 0.2) is 5.60 Å². The van der Waals surface area contributed by atoms with Gasteiger partial charge in [0.1, 0.15) is 0 Å². The second-order valence-electron chi connectivity index (χ2n) is 19.3. The molecule has 334 valence electrons. The Morgan fingerprint density at radius 1 is 0.716 bits per heavy atom. The summed E-state index contributed by atoms with van der Waals surface area (Å²) in [6.45, 7) is 5.58. The number of fused-ring (bicyclic) bond motifs is 3. The Labute approximate surface area is 387 Å². The molecule has 12 rings (SSSR count). The van der Waals surface area contributed by atoms with E-state index in [2.05, 4.69) is 0 Å². The smallest absolute Gasteiger partial charge is 0.264 e. The number of carbonyl (C=O) groups is 4. The molecule has 7 aromatic rings. The summed E-state index contributed by atoms with van der Waals surface area (Å²) in [7, 11) is 0. The molecule has 0 aliphatic carbocycles. The molecule has 0 aromatic heterocycles. The van der Waals surface area contributed by atoms with Gasteiger partial charge in [0.25, 0.3) is 17.7 Å². The molecule has 0 saturated carbocycles. The quantitative estimate of drug-likeness (QED) is 0.156. The number of hydrogen-bond donors (Lipinski definition) is 2. The molecular formula is C56H48N4O7. The first-order valence-electron chi connectivity index (χ1n) is 23.0. The van der Waals surface area contributed by atoms with Crippen LogP contribution in [0.3, 0.4) is 0 Å². The zero-order valence-electron chi connectivity index (χ0n) is 37.3. The molecule has 5 atom stereocenters. The first kappa shape index (κ1) is 41.3. The molecule has 0 radical (unpaired) electrons. The topological polar surface area (TPSA) is 131 Å². The van der Waals surface area contributed by atoms with Crippen LogP contribution in [-0.2, 0) is 39.4 Å². The Kier molecular flexibility index (Phi) is 9.19. The van der Waals surface area contributed by atoms with E-state index in [0.29, 0.717) is 46.7 Å². The van der Waals surface area contributed by atoms with Crippen LogP contribution in [0, 0.1) is 11.8 Å². The summed E-state index contributed by atoms with van der Waals surface area (Å²) < 4.78 is 7.18. The second kappa shape index (κ2) is 14.9. The molecule has 5 aliphatic heterocycles. The van der Waals surface area contributed by atoms with E-state index in [-0.39, 0.29) is 43.2 Å². The van der Waals surface area contributed by atoms with Crippen molar-refractivity contribution in [2.45, 2.75) is 70.1 Å². The number of carbonyl (C=O) groups excluding carboxylic acids is 4. The lowest BCUT2D eigenvalue weighted by Gasteiger charge is -2.38. The highest BCUT2D eigenvalue weighted by Gasteiger charge is 2.66. The maximum absolute atomic E-state index is 15.7. The van der Waals surface area contributed by atoms with Gasteiger partial charge < -0.3 is 24.7 Å². The summed E-state index contributed by atoms with van der Waals surface area (Å²) in [4.78, 5) is 65.2. The van der Waals surface area contributed by atoms with Gasteiger partial charge in [-0.25, -0.2) is 0 Å². The van der Waals surface area contributed by atoms with E-state index in [9.17, 15) is 24.6 Å². The van der Waals surface area contributed by atoms with Gasteiger partial charge in [-0.3, -0.25) is 29.0 Å². The van der Waals surface area contributed by atoms with Crippen LogP contribution < -0.4 is 14.7 Å². The molecule has 67 heavy (non-hydrogen) atoms. The molecule has 1 saturated heterocycles. The van der Waals surface area contributed by atoms with E-state index < -0.39 is 35.2 Å². The molecule has 5 heterocycles. The fourth-order valence-corrected chi connectivity index (χ4v) is 12.2. The minimum absolute atomic E-state index is 0.101. The van der Waals surface area contributed by atoms with E-state index >= 15 is 4.79 Å². The fraction of sp³-hybridized carbons (Fsp3) is 0.250. The van der Waals surface area contributed by atoms with Gasteiger partial charge in [-0.15, -0.1) is 0 Å². The van der Waals surface area contributed by atoms with Crippen LogP contribution in [0.5, 0.6) is 0 Å². The average Bonchev–Trinajstić information content (AvgIpc) is 3.98. The highest BCUT2D eigenvalue weighted by atomic mass is 16.5. The molecule has 4 amide bonds. The molecule has 2 N–H and O–H groups in total. The molecular weight excluding hydrogens is 841 g/mol. The van der Waals surface area contributed by atoms with E-state index in [4.69, 9.17) is 4.74 Å². The van der Waals surface area contributed by atoms with E-state index in [0.717, 1.165) is 49.6 Å². The van der Waals surface area contributed by atoms with Crippen LogP contribution in [0.1, 0.15) is 70.2 Å². The molecule has 0 unspecified atom stereocenters. The van der Waals surface area contributed by atoms with Crippen LogP contribution in [0.4, 0.5) is 28.4 Å². The third kappa shape index (κ3) is 6.01. The molecule has 1 spiro atoms. The molecule has 11 heteroatoms. The second-order valence-corrected chi connectivity index (χ2v) is 19.3. The first-order chi connectivity index (χ1) is 32.4. The Balaban J connectivity index is 0.928. The third-order valence-corrected chi connectivity index (χ3v) is 15.1.